The third-order valence-electron chi connectivity index (χ3n) is 6.35. The first-order valence-corrected chi connectivity index (χ1v) is 10.0. The zero-order chi connectivity index (χ0) is 17.6. The van der Waals surface area contributed by atoms with Crippen molar-refractivity contribution in [3.63, 3.8) is 0 Å². The molecule has 2 aliphatic heterocycles. The Morgan fingerprint density at radius 2 is 1.80 bits per heavy atom. The van der Waals surface area contributed by atoms with E-state index < -0.39 is 0 Å². The first-order valence-electron chi connectivity index (χ1n) is 10.0. The zero-order valence-electron chi connectivity index (χ0n) is 15.8. The lowest BCUT2D eigenvalue weighted by atomic mass is 9.68. The van der Waals surface area contributed by atoms with E-state index in [1.165, 1.54) is 32.1 Å². The van der Waals surface area contributed by atoms with Crippen LogP contribution in [0.5, 0.6) is 0 Å². The van der Waals surface area contributed by atoms with Gasteiger partial charge in [0.1, 0.15) is 0 Å². The third kappa shape index (κ3) is 3.61. The summed E-state index contributed by atoms with van der Waals surface area (Å²) in [6.07, 6.45) is 8.72. The lowest BCUT2D eigenvalue weighted by Crippen LogP contribution is -2.42. The van der Waals surface area contributed by atoms with Crippen molar-refractivity contribution in [1.29, 1.82) is 0 Å². The SMILES string of the molecule is CC(C)(C)c1noc(CCCC(=O)N2CC3CC4CC(C3)CC2C4)n1. The molecule has 5 rings (SSSR count). The van der Waals surface area contributed by atoms with Gasteiger partial charge >= 0.3 is 0 Å². The summed E-state index contributed by atoms with van der Waals surface area (Å²) in [6, 6.07) is 0.514. The van der Waals surface area contributed by atoms with Gasteiger partial charge in [-0.3, -0.25) is 4.79 Å². The van der Waals surface area contributed by atoms with Gasteiger partial charge in [-0.15, -0.1) is 0 Å². The molecular formula is C20H31N3O2. The van der Waals surface area contributed by atoms with Crippen molar-refractivity contribution >= 4 is 5.91 Å². The van der Waals surface area contributed by atoms with Crippen molar-refractivity contribution in [3.05, 3.63) is 11.7 Å². The number of aromatic nitrogens is 2. The van der Waals surface area contributed by atoms with Gasteiger partial charge in [-0.05, 0) is 56.3 Å². The number of carbonyl (C=O) groups excluding carboxylic acids is 1. The van der Waals surface area contributed by atoms with Gasteiger partial charge < -0.3 is 9.42 Å². The van der Waals surface area contributed by atoms with Crippen LogP contribution in [0.3, 0.4) is 0 Å². The smallest absolute Gasteiger partial charge is 0.226 e. The molecule has 2 saturated heterocycles. The average Bonchev–Trinajstić information content (AvgIpc) is 2.92. The van der Waals surface area contributed by atoms with Crippen molar-refractivity contribution in [2.24, 2.45) is 17.8 Å². The molecule has 2 saturated carbocycles. The topological polar surface area (TPSA) is 59.2 Å². The molecule has 1 aromatic rings. The van der Waals surface area contributed by atoms with E-state index in [1.807, 2.05) is 0 Å². The van der Waals surface area contributed by atoms with Crippen LogP contribution < -0.4 is 0 Å². The molecule has 25 heavy (non-hydrogen) atoms. The van der Waals surface area contributed by atoms with Crippen LogP contribution in [0, 0.1) is 17.8 Å². The number of aryl methyl sites for hydroxylation is 1. The quantitative estimate of drug-likeness (QED) is 0.834. The molecule has 2 aliphatic carbocycles. The Bertz CT molecular complexity index is 619. The Labute approximate surface area is 150 Å². The highest BCUT2D eigenvalue weighted by Crippen LogP contribution is 2.47. The van der Waals surface area contributed by atoms with Gasteiger partial charge in [-0.1, -0.05) is 25.9 Å². The highest BCUT2D eigenvalue weighted by atomic mass is 16.5. The molecule has 4 bridgehead atoms. The van der Waals surface area contributed by atoms with Gasteiger partial charge in [0.25, 0.3) is 0 Å². The number of nitrogens with zero attached hydrogens (tertiary/aromatic N) is 3. The summed E-state index contributed by atoms with van der Waals surface area (Å²) in [5.74, 6) is 4.27. The van der Waals surface area contributed by atoms with Crippen LogP contribution in [-0.4, -0.2) is 33.5 Å². The maximum Gasteiger partial charge on any atom is 0.226 e. The predicted octanol–water partition coefficient (Wildman–Crippen LogP) is 3.73. The Hall–Kier alpha value is -1.39. The maximum atomic E-state index is 12.8. The normalized spacial score (nSPS) is 31.4. The van der Waals surface area contributed by atoms with Crippen molar-refractivity contribution in [2.75, 3.05) is 6.54 Å². The summed E-state index contributed by atoms with van der Waals surface area (Å²) in [7, 11) is 0. The minimum atomic E-state index is -0.0953. The van der Waals surface area contributed by atoms with E-state index in [4.69, 9.17) is 4.52 Å². The van der Waals surface area contributed by atoms with E-state index in [-0.39, 0.29) is 5.41 Å². The second kappa shape index (κ2) is 6.40. The summed E-state index contributed by atoms with van der Waals surface area (Å²) < 4.78 is 5.34. The number of carbonyl (C=O) groups is 1. The molecule has 5 nitrogen and oxygen atoms in total. The molecule has 5 heteroatoms. The van der Waals surface area contributed by atoms with Gasteiger partial charge in [0.2, 0.25) is 11.8 Å². The zero-order valence-corrected chi connectivity index (χ0v) is 15.8. The monoisotopic (exact) mass is 345 g/mol. The largest absolute Gasteiger partial charge is 0.339 e. The van der Waals surface area contributed by atoms with Gasteiger partial charge in [0.05, 0.1) is 0 Å². The number of rotatable bonds is 4. The van der Waals surface area contributed by atoms with Crippen molar-refractivity contribution in [2.45, 2.75) is 83.6 Å². The fourth-order valence-electron chi connectivity index (χ4n) is 5.29. The van der Waals surface area contributed by atoms with Crippen LogP contribution in [0.15, 0.2) is 4.52 Å². The summed E-state index contributed by atoms with van der Waals surface area (Å²) in [5.41, 5.74) is -0.0953. The molecule has 4 fully saturated rings. The second-order valence-corrected chi connectivity index (χ2v) is 9.59. The van der Waals surface area contributed by atoms with Crippen LogP contribution in [0.2, 0.25) is 0 Å². The van der Waals surface area contributed by atoms with E-state index in [2.05, 4.69) is 35.8 Å². The van der Waals surface area contributed by atoms with Gasteiger partial charge in [0, 0.05) is 30.8 Å². The lowest BCUT2D eigenvalue weighted by Gasteiger charge is -2.39. The Morgan fingerprint density at radius 3 is 2.44 bits per heavy atom. The molecular weight excluding hydrogens is 314 g/mol. The molecule has 4 aliphatic rings. The Morgan fingerprint density at radius 1 is 1.12 bits per heavy atom. The van der Waals surface area contributed by atoms with Crippen molar-refractivity contribution in [1.82, 2.24) is 15.0 Å². The van der Waals surface area contributed by atoms with Crippen LogP contribution in [-0.2, 0) is 16.6 Å². The molecule has 138 valence electrons. The molecule has 0 radical (unpaired) electrons. The number of hydrogen-bond acceptors (Lipinski definition) is 4. The molecule has 0 aromatic carbocycles. The summed E-state index contributed by atoms with van der Waals surface area (Å²) in [6.45, 7) is 7.23. The Balaban J connectivity index is 1.31. The number of amides is 1. The first-order chi connectivity index (χ1) is 11.9. The lowest BCUT2D eigenvalue weighted by molar-refractivity contribution is -0.134. The second-order valence-electron chi connectivity index (χ2n) is 9.59. The van der Waals surface area contributed by atoms with Gasteiger partial charge in [0.15, 0.2) is 5.82 Å². The number of hydrogen-bond donors (Lipinski definition) is 0. The van der Waals surface area contributed by atoms with E-state index >= 15 is 0 Å². The summed E-state index contributed by atoms with van der Waals surface area (Å²) >= 11 is 0. The number of fused-ring (bicyclic) bond motifs is 1. The van der Waals surface area contributed by atoms with Crippen molar-refractivity contribution in [3.8, 4) is 0 Å². The van der Waals surface area contributed by atoms with Crippen LogP contribution in [0.25, 0.3) is 0 Å². The fraction of sp³-hybridized carbons (Fsp3) is 0.850. The van der Waals surface area contributed by atoms with E-state index in [0.29, 0.717) is 30.7 Å². The van der Waals surface area contributed by atoms with Gasteiger partial charge in [-0.2, -0.15) is 4.98 Å². The van der Waals surface area contributed by atoms with Crippen LogP contribution in [0.1, 0.15) is 77.4 Å². The molecule has 0 N–H and O–H groups in total. The first kappa shape index (κ1) is 17.0. The highest BCUT2D eigenvalue weighted by molar-refractivity contribution is 5.76. The van der Waals surface area contributed by atoms with Crippen molar-refractivity contribution < 1.29 is 9.32 Å². The van der Waals surface area contributed by atoms with Gasteiger partial charge in [-0.25, -0.2) is 0 Å². The third-order valence-corrected chi connectivity index (χ3v) is 6.35. The van der Waals surface area contributed by atoms with Crippen LogP contribution >= 0.6 is 0 Å². The summed E-state index contributed by atoms with van der Waals surface area (Å²) in [5, 5.41) is 4.06. The standard InChI is InChI=1S/C20H31N3O2/c1-20(2,3)19-21-17(25-22-19)5-4-6-18(24)23-12-15-8-13-7-14(9-15)11-16(23)10-13/h13-16H,4-12H2,1-3H3. The molecule has 2 atom stereocenters. The molecule has 1 amide bonds. The minimum absolute atomic E-state index is 0.0953. The van der Waals surface area contributed by atoms with E-state index in [9.17, 15) is 4.79 Å². The molecule has 1 aromatic heterocycles. The summed E-state index contributed by atoms with van der Waals surface area (Å²) in [4.78, 5) is 19.5. The highest BCUT2D eigenvalue weighted by Gasteiger charge is 2.43. The molecule has 3 heterocycles. The Kier molecular flexibility index (Phi) is 4.37. The van der Waals surface area contributed by atoms with Crippen LogP contribution in [0.4, 0.5) is 0 Å². The molecule has 2 unspecified atom stereocenters. The maximum absolute atomic E-state index is 12.8. The fourth-order valence-corrected chi connectivity index (χ4v) is 5.29. The predicted molar refractivity (Wildman–Crippen MR) is 95.0 cm³/mol. The average molecular weight is 345 g/mol. The van der Waals surface area contributed by atoms with E-state index in [0.717, 1.165) is 36.5 Å². The molecule has 0 spiro atoms. The minimum Gasteiger partial charge on any atom is -0.339 e. The van der Waals surface area contributed by atoms with E-state index in [1.54, 1.807) is 0 Å².